The second-order valence-corrected chi connectivity index (χ2v) is 5.36. The average molecular weight is 308 g/mol. The maximum Gasteiger partial charge on any atom is 0.279 e. The molecule has 4 nitrogen and oxygen atoms in total. The number of methoxy groups -OCH3 is 1. The SMILES string of the molecule is C=Cc1c(-c2cc(F)ccc2OC)cc2c(c1C)N=C1ON=C12. The van der Waals surface area contributed by atoms with Crippen LogP contribution >= 0.6 is 0 Å². The molecule has 2 aliphatic heterocycles. The molecule has 0 radical (unpaired) electrons. The summed E-state index contributed by atoms with van der Waals surface area (Å²) in [6.45, 7) is 5.85. The molecule has 4 rings (SSSR count). The lowest BCUT2D eigenvalue weighted by molar-refractivity contribution is 0.309. The van der Waals surface area contributed by atoms with E-state index in [1.807, 2.05) is 13.0 Å². The number of hydrogen-bond acceptors (Lipinski definition) is 4. The van der Waals surface area contributed by atoms with Crippen molar-refractivity contribution in [2.75, 3.05) is 7.11 Å². The first-order valence-electron chi connectivity index (χ1n) is 7.12. The highest BCUT2D eigenvalue weighted by Crippen LogP contribution is 2.43. The second kappa shape index (κ2) is 4.78. The Morgan fingerprint density at radius 1 is 1.22 bits per heavy atom. The van der Waals surface area contributed by atoms with Crippen molar-refractivity contribution in [1.29, 1.82) is 0 Å². The molecule has 114 valence electrons. The third-order valence-corrected chi connectivity index (χ3v) is 4.14. The highest BCUT2D eigenvalue weighted by Gasteiger charge is 2.34. The lowest BCUT2D eigenvalue weighted by Crippen LogP contribution is -2.22. The van der Waals surface area contributed by atoms with Gasteiger partial charge in [0.2, 0.25) is 0 Å². The van der Waals surface area contributed by atoms with Crippen LogP contribution in [0.5, 0.6) is 5.75 Å². The van der Waals surface area contributed by atoms with Gasteiger partial charge in [0.25, 0.3) is 5.90 Å². The maximum atomic E-state index is 13.8. The predicted octanol–water partition coefficient (Wildman–Crippen LogP) is 4.23. The molecule has 0 spiro atoms. The molecule has 0 bridgehead atoms. The molecule has 2 aliphatic rings. The van der Waals surface area contributed by atoms with Gasteiger partial charge in [0, 0.05) is 11.1 Å². The van der Waals surface area contributed by atoms with Gasteiger partial charge in [-0.25, -0.2) is 9.38 Å². The number of ether oxygens (including phenoxy) is 1. The van der Waals surface area contributed by atoms with E-state index in [-0.39, 0.29) is 5.82 Å². The quantitative estimate of drug-likeness (QED) is 0.851. The van der Waals surface area contributed by atoms with Crippen LogP contribution in [-0.4, -0.2) is 18.7 Å². The summed E-state index contributed by atoms with van der Waals surface area (Å²) in [5.41, 5.74) is 5.78. The largest absolute Gasteiger partial charge is 0.496 e. The van der Waals surface area contributed by atoms with E-state index in [1.165, 1.54) is 12.1 Å². The molecular formula is C18H13FN2O2. The van der Waals surface area contributed by atoms with Crippen LogP contribution in [0, 0.1) is 12.7 Å². The van der Waals surface area contributed by atoms with Crippen molar-refractivity contribution in [3.05, 3.63) is 53.4 Å². The first-order chi connectivity index (χ1) is 11.1. The summed E-state index contributed by atoms with van der Waals surface area (Å²) in [4.78, 5) is 9.44. The van der Waals surface area contributed by atoms with Crippen LogP contribution in [0.3, 0.4) is 0 Å². The van der Waals surface area contributed by atoms with Crippen molar-refractivity contribution in [1.82, 2.24) is 0 Å². The lowest BCUT2D eigenvalue weighted by Gasteiger charge is -2.16. The van der Waals surface area contributed by atoms with Gasteiger partial charge in [0.1, 0.15) is 11.6 Å². The minimum absolute atomic E-state index is 0.324. The molecule has 0 unspecified atom stereocenters. The summed E-state index contributed by atoms with van der Waals surface area (Å²) in [5, 5.41) is 3.92. The summed E-state index contributed by atoms with van der Waals surface area (Å²) in [6.07, 6.45) is 1.75. The Morgan fingerprint density at radius 2 is 2.04 bits per heavy atom. The van der Waals surface area contributed by atoms with Crippen molar-refractivity contribution in [2.24, 2.45) is 10.1 Å². The van der Waals surface area contributed by atoms with E-state index in [0.717, 1.165) is 33.7 Å². The number of fused-ring (bicyclic) bond motifs is 3. The molecule has 2 aromatic carbocycles. The molecule has 0 saturated heterocycles. The zero-order valence-corrected chi connectivity index (χ0v) is 12.7. The van der Waals surface area contributed by atoms with E-state index in [9.17, 15) is 4.39 Å². The third-order valence-electron chi connectivity index (χ3n) is 4.14. The fraction of sp³-hybridized carbons (Fsp3) is 0.111. The Bertz CT molecular complexity index is 929. The number of nitrogens with zero attached hydrogens (tertiary/aromatic N) is 2. The molecule has 0 aliphatic carbocycles. The van der Waals surface area contributed by atoms with Crippen LogP contribution in [0.4, 0.5) is 10.1 Å². The van der Waals surface area contributed by atoms with Crippen molar-refractivity contribution in [2.45, 2.75) is 6.92 Å². The Hall–Kier alpha value is -2.95. The molecule has 0 N–H and O–H groups in total. The van der Waals surface area contributed by atoms with E-state index in [4.69, 9.17) is 9.57 Å². The molecule has 5 heteroatoms. The van der Waals surface area contributed by atoms with Crippen LogP contribution in [0.25, 0.3) is 17.2 Å². The monoisotopic (exact) mass is 308 g/mol. The van der Waals surface area contributed by atoms with Crippen LogP contribution in [-0.2, 0) is 4.84 Å². The van der Waals surface area contributed by atoms with Crippen LogP contribution in [0.2, 0.25) is 0 Å². The molecule has 0 saturated carbocycles. The topological polar surface area (TPSA) is 43.2 Å². The molecular weight excluding hydrogens is 295 g/mol. The van der Waals surface area contributed by atoms with Gasteiger partial charge in [-0.3, -0.25) is 0 Å². The lowest BCUT2D eigenvalue weighted by atomic mass is 9.90. The summed E-state index contributed by atoms with van der Waals surface area (Å²) >= 11 is 0. The summed E-state index contributed by atoms with van der Waals surface area (Å²) in [7, 11) is 1.57. The first kappa shape index (κ1) is 13.7. The molecule has 23 heavy (non-hydrogen) atoms. The molecule has 0 fully saturated rings. The zero-order chi connectivity index (χ0) is 16.1. The highest BCUT2D eigenvalue weighted by atomic mass is 19.1. The standard InChI is InChI=1S/C18H13FN2O2/c1-4-11-9(2)16-14(17-18(20-16)23-21-17)8-12(11)13-7-10(19)5-6-15(13)22-3/h4-8H,1H2,2-3H3. The van der Waals surface area contributed by atoms with E-state index in [1.54, 1.807) is 19.3 Å². The van der Waals surface area contributed by atoms with E-state index < -0.39 is 0 Å². The number of rotatable bonds is 3. The van der Waals surface area contributed by atoms with Gasteiger partial charge in [0.05, 0.1) is 12.8 Å². The number of halogens is 1. The van der Waals surface area contributed by atoms with Crippen molar-refractivity contribution >= 4 is 23.4 Å². The van der Waals surface area contributed by atoms with Crippen LogP contribution in [0.15, 0.2) is 41.0 Å². The molecule has 0 aromatic heterocycles. The maximum absolute atomic E-state index is 13.8. The molecule has 0 atom stereocenters. The Morgan fingerprint density at radius 3 is 2.70 bits per heavy atom. The zero-order valence-electron chi connectivity index (χ0n) is 12.7. The Labute approximate surface area is 132 Å². The molecule has 2 aromatic rings. The van der Waals surface area contributed by atoms with Crippen LogP contribution < -0.4 is 4.74 Å². The van der Waals surface area contributed by atoms with Gasteiger partial charge in [-0.05, 0) is 47.9 Å². The Balaban J connectivity index is 2.03. The molecule has 2 heterocycles. The second-order valence-electron chi connectivity index (χ2n) is 5.36. The number of benzene rings is 2. The minimum atomic E-state index is -0.324. The predicted molar refractivity (Wildman–Crippen MR) is 87.9 cm³/mol. The highest BCUT2D eigenvalue weighted by molar-refractivity contribution is 6.52. The van der Waals surface area contributed by atoms with Crippen molar-refractivity contribution in [3.63, 3.8) is 0 Å². The van der Waals surface area contributed by atoms with Crippen molar-refractivity contribution in [3.8, 4) is 16.9 Å². The summed E-state index contributed by atoms with van der Waals surface area (Å²) < 4.78 is 19.2. The number of oxime groups is 1. The number of hydrogen-bond donors (Lipinski definition) is 0. The van der Waals surface area contributed by atoms with Gasteiger partial charge in [-0.15, -0.1) is 0 Å². The fourth-order valence-electron chi connectivity index (χ4n) is 2.99. The normalized spacial score (nSPS) is 14.0. The van der Waals surface area contributed by atoms with Gasteiger partial charge < -0.3 is 9.57 Å². The average Bonchev–Trinajstić information content (AvgIpc) is 2.77. The minimum Gasteiger partial charge on any atom is -0.496 e. The number of aliphatic imine (C=N–C) groups is 1. The van der Waals surface area contributed by atoms with Gasteiger partial charge in [0.15, 0.2) is 5.71 Å². The van der Waals surface area contributed by atoms with Gasteiger partial charge >= 0.3 is 0 Å². The fourth-order valence-corrected chi connectivity index (χ4v) is 2.99. The summed E-state index contributed by atoms with van der Waals surface area (Å²) in [6, 6.07) is 6.39. The first-order valence-corrected chi connectivity index (χ1v) is 7.12. The Kier molecular flexibility index (Phi) is 2.84. The van der Waals surface area contributed by atoms with Crippen molar-refractivity contribution < 1.29 is 14.0 Å². The van der Waals surface area contributed by atoms with Crippen LogP contribution in [0.1, 0.15) is 16.7 Å². The van der Waals surface area contributed by atoms with E-state index in [2.05, 4.69) is 16.7 Å². The van der Waals surface area contributed by atoms with Gasteiger partial charge in [-0.2, -0.15) is 0 Å². The smallest absolute Gasteiger partial charge is 0.279 e. The van der Waals surface area contributed by atoms with E-state index >= 15 is 0 Å². The van der Waals surface area contributed by atoms with Gasteiger partial charge in [-0.1, -0.05) is 17.8 Å². The molecule has 0 amide bonds. The summed E-state index contributed by atoms with van der Waals surface area (Å²) in [5.74, 6) is 0.802. The van der Waals surface area contributed by atoms with E-state index in [0.29, 0.717) is 17.2 Å². The third kappa shape index (κ3) is 1.83.